The quantitative estimate of drug-likeness (QED) is 0.793. The second kappa shape index (κ2) is 6.13. The number of nitrogens with zero attached hydrogens (tertiary/aromatic N) is 1. The summed E-state index contributed by atoms with van der Waals surface area (Å²) >= 11 is 0. The van der Waals surface area contributed by atoms with Crippen LogP contribution >= 0.6 is 0 Å². The van der Waals surface area contributed by atoms with Crippen molar-refractivity contribution < 1.29 is 18.7 Å². The molecule has 1 heterocycles. The number of aliphatic carboxylic acids is 1. The molecule has 2 atom stereocenters. The smallest absolute Gasteiger partial charge is 0.303 e. The molecule has 1 saturated heterocycles. The lowest BCUT2D eigenvalue weighted by Crippen LogP contribution is -2.40. The summed E-state index contributed by atoms with van der Waals surface area (Å²) in [6, 6.07) is 0. The largest absolute Gasteiger partial charge is 0.481 e. The van der Waals surface area contributed by atoms with E-state index in [0.717, 1.165) is 12.8 Å². The van der Waals surface area contributed by atoms with E-state index in [1.54, 1.807) is 4.90 Å². The molecule has 0 amide bonds. The van der Waals surface area contributed by atoms with Crippen molar-refractivity contribution in [3.8, 4) is 0 Å². The summed E-state index contributed by atoms with van der Waals surface area (Å²) in [4.78, 5) is 12.3. The molecule has 0 bridgehead atoms. The zero-order valence-electron chi connectivity index (χ0n) is 9.53. The van der Waals surface area contributed by atoms with E-state index in [0.29, 0.717) is 13.1 Å². The van der Waals surface area contributed by atoms with Crippen LogP contribution in [0.2, 0.25) is 0 Å². The minimum Gasteiger partial charge on any atom is -0.481 e. The monoisotopic (exact) mass is 235 g/mol. The van der Waals surface area contributed by atoms with Crippen LogP contribution in [0.15, 0.2) is 0 Å². The van der Waals surface area contributed by atoms with Gasteiger partial charge in [0.2, 0.25) is 0 Å². The lowest BCUT2D eigenvalue weighted by molar-refractivity contribution is -0.138. The molecule has 94 valence electrons. The Labute approximate surface area is 94.4 Å². The molecular weight excluding hydrogens is 216 g/mol. The van der Waals surface area contributed by atoms with Crippen LogP contribution in [-0.2, 0) is 4.79 Å². The second-order valence-corrected chi connectivity index (χ2v) is 4.63. The van der Waals surface area contributed by atoms with Gasteiger partial charge in [0.25, 0.3) is 6.43 Å². The molecule has 1 N–H and O–H groups in total. The fourth-order valence-electron chi connectivity index (χ4n) is 2.36. The highest BCUT2D eigenvalue weighted by atomic mass is 19.3. The van der Waals surface area contributed by atoms with Crippen molar-refractivity contribution in [2.24, 2.45) is 11.8 Å². The number of likely N-dealkylation sites (tertiary alicyclic amines) is 1. The lowest BCUT2D eigenvalue weighted by Gasteiger charge is -2.35. The van der Waals surface area contributed by atoms with Crippen LogP contribution in [0.3, 0.4) is 0 Å². The minimum absolute atomic E-state index is 0.0676. The van der Waals surface area contributed by atoms with Crippen LogP contribution < -0.4 is 0 Å². The van der Waals surface area contributed by atoms with Gasteiger partial charge in [-0.25, -0.2) is 8.78 Å². The van der Waals surface area contributed by atoms with E-state index < -0.39 is 12.4 Å². The van der Waals surface area contributed by atoms with Gasteiger partial charge in [0.05, 0.1) is 6.54 Å². The molecule has 1 fully saturated rings. The summed E-state index contributed by atoms with van der Waals surface area (Å²) in [6.45, 7) is 3.03. The van der Waals surface area contributed by atoms with E-state index in [9.17, 15) is 13.6 Å². The van der Waals surface area contributed by atoms with Crippen molar-refractivity contribution in [1.29, 1.82) is 0 Å². The highest BCUT2D eigenvalue weighted by molar-refractivity contribution is 5.66. The number of carbonyl (C=O) groups is 1. The van der Waals surface area contributed by atoms with Gasteiger partial charge in [-0.2, -0.15) is 0 Å². The lowest BCUT2D eigenvalue weighted by atomic mass is 9.85. The summed E-state index contributed by atoms with van der Waals surface area (Å²) < 4.78 is 24.4. The van der Waals surface area contributed by atoms with Crippen molar-refractivity contribution >= 4 is 5.97 Å². The van der Waals surface area contributed by atoms with Gasteiger partial charge in [0.1, 0.15) is 0 Å². The third kappa shape index (κ3) is 4.43. The molecular formula is C11H19F2NO2. The number of hydrogen-bond acceptors (Lipinski definition) is 2. The highest BCUT2D eigenvalue weighted by Gasteiger charge is 2.27. The van der Waals surface area contributed by atoms with Crippen molar-refractivity contribution in [1.82, 2.24) is 4.90 Å². The van der Waals surface area contributed by atoms with Gasteiger partial charge in [-0.3, -0.25) is 9.69 Å². The topological polar surface area (TPSA) is 40.5 Å². The van der Waals surface area contributed by atoms with Gasteiger partial charge in [0, 0.05) is 13.0 Å². The maximum absolute atomic E-state index is 12.2. The summed E-state index contributed by atoms with van der Waals surface area (Å²) in [6.07, 6.45) is -0.323. The minimum atomic E-state index is -2.30. The van der Waals surface area contributed by atoms with Gasteiger partial charge in [-0.1, -0.05) is 6.92 Å². The maximum atomic E-state index is 12.2. The van der Waals surface area contributed by atoms with Crippen LogP contribution in [0, 0.1) is 11.8 Å². The molecule has 1 aliphatic heterocycles. The highest BCUT2D eigenvalue weighted by Crippen LogP contribution is 2.26. The summed E-state index contributed by atoms with van der Waals surface area (Å²) in [5.41, 5.74) is 0. The molecule has 0 radical (unpaired) electrons. The molecule has 0 saturated carbocycles. The average Bonchev–Trinajstić information content (AvgIpc) is 2.16. The van der Waals surface area contributed by atoms with Crippen LogP contribution in [0.5, 0.6) is 0 Å². The Bertz CT molecular complexity index is 236. The van der Waals surface area contributed by atoms with E-state index in [4.69, 9.17) is 5.11 Å². The molecule has 0 aromatic carbocycles. The molecule has 16 heavy (non-hydrogen) atoms. The van der Waals surface area contributed by atoms with Crippen molar-refractivity contribution in [3.05, 3.63) is 0 Å². The Hall–Kier alpha value is -0.710. The first-order valence-electron chi connectivity index (χ1n) is 5.71. The first kappa shape index (κ1) is 13.4. The fraction of sp³-hybridized carbons (Fsp3) is 0.909. The molecule has 0 spiro atoms. The first-order valence-corrected chi connectivity index (χ1v) is 5.71. The summed E-state index contributed by atoms with van der Waals surface area (Å²) in [5, 5.41) is 8.69. The Balaban J connectivity index is 2.40. The third-order valence-electron chi connectivity index (χ3n) is 3.24. The molecule has 5 heteroatoms. The molecule has 1 rings (SSSR count). The standard InChI is InChI=1S/C11H19F2NO2/c1-8(5-11(15)16)9-3-2-4-14(6-9)7-10(12)13/h8-10H,2-7H2,1H3,(H,15,16). The zero-order chi connectivity index (χ0) is 12.1. The third-order valence-corrected chi connectivity index (χ3v) is 3.24. The molecule has 0 aliphatic carbocycles. The van der Waals surface area contributed by atoms with Gasteiger partial charge in [-0.05, 0) is 31.2 Å². The predicted molar refractivity (Wildman–Crippen MR) is 56.6 cm³/mol. The van der Waals surface area contributed by atoms with Crippen LogP contribution in [0.25, 0.3) is 0 Å². The van der Waals surface area contributed by atoms with Crippen molar-refractivity contribution in [2.75, 3.05) is 19.6 Å². The Kier molecular flexibility index (Phi) is 5.12. The van der Waals surface area contributed by atoms with E-state index >= 15 is 0 Å². The fourth-order valence-corrected chi connectivity index (χ4v) is 2.36. The van der Waals surface area contributed by atoms with Crippen LogP contribution in [0.4, 0.5) is 8.78 Å². The number of carboxylic acid groups (broad SMARTS) is 1. The van der Waals surface area contributed by atoms with E-state index in [2.05, 4.69) is 0 Å². The Morgan fingerprint density at radius 1 is 1.56 bits per heavy atom. The number of hydrogen-bond donors (Lipinski definition) is 1. The average molecular weight is 235 g/mol. The maximum Gasteiger partial charge on any atom is 0.303 e. The van der Waals surface area contributed by atoms with Crippen LogP contribution in [0.1, 0.15) is 26.2 Å². The summed E-state index contributed by atoms with van der Waals surface area (Å²) in [7, 11) is 0. The molecule has 0 aromatic rings. The molecule has 1 aliphatic rings. The first-order chi connectivity index (χ1) is 7.49. The second-order valence-electron chi connectivity index (χ2n) is 4.63. The van der Waals surface area contributed by atoms with Crippen LogP contribution in [-0.4, -0.2) is 42.0 Å². The predicted octanol–water partition coefficient (Wildman–Crippen LogP) is 2.07. The Morgan fingerprint density at radius 3 is 2.81 bits per heavy atom. The number of halogens is 2. The number of carboxylic acids is 1. The molecule has 3 nitrogen and oxygen atoms in total. The SMILES string of the molecule is CC(CC(=O)O)C1CCCN(CC(F)F)C1. The summed E-state index contributed by atoms with van der Waals surface area (Å²) in [5.74, 6) is -0.500. The van der Waals surface area contributed by atoms with E-state index in [-0.39, 0.29) is 24.8 Å². The molecule has 0 aromatic heterocycles. The van der Waals surface area contributed by atoms with Crippen molar-refractivity contribution in [2.45, 2.75) is 32.6 Å². The van der Waals surface area contributed by atoms with E-state index in [1.807, 2.05) is 6.92 Å². The van der Waals surface area contributed by atoms with Gasteiger partial charge < -0.3 is 5.11 Å². The zero-order valence-corrected chi connectivity index (χ0v) is 9.53. The van der Waals surface area contributed by atoms with E-state index in [1.165, 1.54) is 0 Å². The van der Waals surface area contributed by atoms with Gasteiger partial charge in [0.15, 0.2) is 0 Å². The molecule has 2 unspecified atom stereocenters. The van der Waals surface area contributed by atoms with Gasteiger partial charge >= 0.3 is 5.97 Å². The van der Waals surface area contributed by atoms with Gasteiger partial charge in [-0.15, -0.1) is 0 Å². The Morgan fingerprint density at radius 2 is 2.25 bits per heavy atom. The number of rotatable bonds is 5. The number of alkyl halides is 2. The number of piperidine rings is 1. The van der Waals surface area contributed by atoms with Crippen molar-refractivity contribution in [3.63, 3.8) is 0 Å². The normalized spacial score (nSPS) is 24.6.